The first-order valence-corrected chi connectivity index (χ1v) is 9.54. The Balaban J connectivity index is 2.10. The third kappa shape index (κ3) is 3.36. The zero-order valence-electron chi connectivity index (χ0n) is 16.4. The molecule has 4 heteroatoms. The normalized spacial score (nSPS) is 13.4. The minimum atomic E-state index is -0.772. The molecule has 0 atom stereocenters. The lowest BCUT2D eigenvalue weighted by atomic mass is 9.75. The van der Waals surface area contributed by atoms with Crippen LogP contribution < -0.4 is 4.74 Å². The predicted octanol–water partition coefficient (Wildman–Crippen LogP) is 4.82. The summed E-state index contributed by atoms with van der Waals surface area (Å²) < 4.78 is 11.4. The van der Waals surface area contributed by atoms with E-state index in [-0.39, 0.29) is 17.9 Å². The summed E-state index contributed by atoms with van der Waals surface area (Å²) >= 11 is 0. The van der Waals surface area contributed by atoms with Crippen LogP contribution in [0.25, 0.3) is 0 Å². The second-order valence-corrected chi connectivity index (χ2v) is 7.23. The van der Waals surface area contributed by atoms with E-state index in [9.17, 15) is 9.59 Å². The minimum absolute atomic E-state index is 0.0710. The molecule has 1 aliphatic heterocycles. The van der Waals surface area contributed by atoms with Crippen LogP contribution in [0.4, 0.5) is 0 Å². The molecule has 0 aromatic heterocycles. The van der Waals surface area contributed by atoms with Crippen LogP contribution in [-0.2, 0) is 21.6 Å². The molecule has 2 aromatic rings. The molecule has 0 fully saturated rings. The van der Waals surface area contributed by atoms with Gasteiger partial charge in [0.1, 0.15) is 12.4 Å². The van der Waals surface area contributed by atoms with Gasteiger partial charge >= 0.3 is 5.97 Å². The van der Waals surface area contributed by atoms with Crippen molar-refractivity contribution in [3.63, 3.8) is 0 Å². The van der Waals surface area contributed by atoms with E-state index >= 15 is 0 Å². The Hall–Kier alpha value is -2.62. The van der Waals surface area contributed by atoms with E-state index < -0.39 is 5.41 Å². The molecule has 0 bridgehead atoms. The van der Waals surface area contributed by atoms with E-state index in [0.717, 1.165) is 11.1 Å². The summed E-state index contributed by atoms with van der Waals surface area (Å²) in [7, 11) is 0. The molecular weight excluding hydrogens is 340 g/mol. The highest BCUT2D eigenvalue weighted by Gasteiger charge is 2.40. The van der Waals surface area contributed by atoms with Gasteiger partial charge in [0.25, 0.3) is 0 Å². The smallest absolute Gasteiger partial charge is 0.316 e. The van der Waals surface area contributed by atoms with Gasteiger partial charge in [-0.25, -0.2) is 0 Å². The molecule has 0 N–H and O–H groups in total. The highest BCUT2D eigenvalue weighted by molar-refractivity contribution is 6.12. The molecular formula is C23H26O4. The number of ether oxygens (including phenoxy) is 2. The highest BCUT2D eigenvalue weighted by atomic mass is 16.5. The van der Waals surface area contributed by atoms with Crippen LogP contribution in [0.2, 0.25) is 0 Å². The molecule has 4 nitrogen and oxygen atoms in total. The summed E-state index contributed by atoms with van der Waals surface area (Å²) in [6.45, 7) is 8.00. The number of carbonyl (C=O) groups excluding carboxylic acids is 2. The fourth-order valence-electron chi connectivity index (χ4n) is 3.69. The lowest BCUT2D eigenvalue weighted by molar-refractivity contribution is -0.155. The lowest BCUT2D eigenvalue weighted by Crippen LogP contribution is -2.38. The van der Waals surface area contributed by atoms with Crippen LogP contribution >= 0.6 is 0 Å². The topological polar surface area (TPSA) is 52.6 Å². The van der Waals surface area contributed by atoms with Crippen LogP contribution in [0.15, 0.2) is 42.5 Å². The number of ketones is 1. The first-order valence-electron chi connectivity index (χ1n) is 9.54. The minimum Gasteiger partial charge on any atom is -0.488 e. The van der Waals surface area contributed by atoms with Crippen molar-refractivity contribution in [3.8, 4) is 5.75 Å². The Bertz CT molecular complexity index is 862. The Morgan fingerprint density at radius 1 is 1.11 bits per heavy atom. The van der Waals surface area contributed by atoms with Gasteiger partial charge < -0.3 is 9.47 Å². The first-order chi connectivity index (χ1) is 12.9. The fourth-order valence-corrected chi connectivity index (χ4v) is 3.69. The number of esters is 1. The van der Waals surface area contributed by atoms with E-state index in [1.165, 1.54) is 0 Å². The van der Waals surface area contributed by atoms with Gasteiger partial charge in [0.15, 0.2) is 5.78 Å². The van der Waals surface area contributed by atoms with Crippen LogP contribution in [-0.4, -0.2) is 17.9 Å². The van der Waals surface area contributed by atoms with Gasteiger partial charge in [-0.05, 0) is 44.4 Å². The van der Waals surface area contributed by atoms with E-state index in [2.05, 4.69) is 0 Å². The molecule has 0 radical (unpaired) electrons. The van der Waals surface area contributed by atoms with E-state index in [1.54, 1.807) is 6.07 Å². The molecule has 0 saturated heterocycles. The summed E-state index contributed by atoms with van der Waals surface area (Å²) in [5.74, 6) is 0.237. The summed E-state index contributed by atoms with van der Waals surface area (Å²) in [5, 5.41) is 0. The molecule has 0 aliphatic carbocycles. The number of hydrogen-bond acceptors (Lipinski definition) is 4. The summed E-state index contributed by atoms with van der Waals surface area (Å²) in [6, 6.07) is 13.0. The predicted molar refractivity (Wildman–Crippen MR) is 104 cm³/mol. The van der Waals surface area contributed by atoms with Gasteiger partial charge in [-0.2, -0.15) is 0 Å². The van der Waals surface area contributed by atoms with Crippen molar-refractivity contribution in [1.82, 2.24) is 0 Å². The average molecular weight is 366 g/mol. The summed E-state index contributed by atoms with van der Waals surface area (Å²) in [6.07, 6.45) is 1.01. The number of benzene rings is 2. The van der Waals surface area contributed by atoms with Crippen LogP contribution in [0, 0.1) is 0 Å². The van der Waals surface area contributed by atoms with Gasteiger partial charge in [0.2, 0.25) is 0 Å². The highest BCUT2D eigenvalue weighted by Crippen LogP contribution is 2.38. The quantitative estimate of drug-likeness (QED) is 0.712. The van der Waals surface area contributed by atoms with E-state index in [1.807, 2.05) is 64.1 Å². The molecule has 1 heterocycles. The zero-order valence-corrected chi connectivity index (χ0v) is 16.4. The van der Waals surface area contributed by atoms with Crippen LogP contribution in [0.5, 0.6) is 5.75 Å². The second kappa shape index (κ2) is 7.55. The maximum absolute atomic E-state index is 13.1. The van der Waals surface area contributed by atoms with E-state index in [4.69, 9.17) is 9.47 Å². The molecule has 0 amide bonds. The molecule has 1 aliphatic rings. The summed E-state index contributed by atoms with van der Waals surface area (Å²) in [4.78, 5) is 26.1. The van der Waals surface area contributed by atoms with Crippen LogP contribution in [0.1, 0.15) is 67.6 Å². The molecule has 142 valence electrons. The standard InChI is InChI=1S/C23H26O4/c1-5-23(6-2,22(25)27-15(3)4)17-11-12-20-19(13-17)21(24)18-10-8-7-9-16(18)14-26-20/h7-13,15H,5-6,14H2,1-4H3. The SMILES string of the molecule is CCC(CC)(C(=O)OC(C)C)c1ccc2c(c1)C(=O)c1ccccc1CO2. The molecule has 0 unspecified atom stereocenters. The third-order valence-electron chi connectivity index (χ3n) is 5.36. The van der Waals surface area contributed by atoms with Crippen molar-refractivity contribution >= 4 is 11.8 Å². The van der Waals surface area contributed by atoms with Gasteiger partial charge in [0, 0.05) is 11.1 Å². The monoisotopic (exact) mass is 366 g/mol. The second-order valence-electron chi connectivity index (χ2n) is 7.23. The molecule has 27 heavy (non-hydrogen) atoms. The molecule has 3 rings (SSSR count). The van der Waals surface area contributed by atoms with Crippen molar-refractivity contribution in [2.24, 2.45) is 0 Å². The zero-order chi connectivity index (χ0) is 19.6. The molecule has 0 spiro atoms. The average Bonchev–Trinajstić information content (AvgIpc) is 2.80. The van der Waals surface area contributed by atoms with Crippen molar-refractivity contribution in [1.29, 1.82) is 0 Å². The molecule has 2 aromatic carbocycles. The maximum atomic E-state index is 13.1. The number of carbonyl (C=O) groups is 2. The van der Waals surface area contributed by atoms with Gasteiger partial charge in [-0.1, -0.05) is 44.2 Å². The maximum Gasteiger partial charge on any atom is 0.316 e. The Kier molecular flexibility index (Phi) is 5.36. The number of fused-ring (bicyclic) bond motifs is 2. The van der Waals surface area contributed by atoms with Gasteiger partial charge in [0.05, 0.1) is 17.1 Å². The summed E-state index contributed by atoms with van der Waals surface area (Å²) in [5.41, 5.74) is 2.05. The number of hydrogen-bond donors (Lipinski definition) is 0. The third-order valence-corrected chi connectivity index (χ3v) is 5.36. The lowest BCUT2D eigenvalue weighted by Gasteiger charge is -2.31. The molecule has 0 saturated carbocycles. The first kappa shape index (κ1) is 19.2. The Morgan fingerprint density at radius 3 is 2.48 bits per heavy atom. The number of rotatable bonds is 5. The largest absolute Gasteiger partial charge is 0.488 e. The van der Waals surface area contributed by atoms with Gasteiger partial charge in [-0.15, -0.1) is 0 Å². The van der Waals surface area contributed by atoms with Gasteiger partial charge in [-0.3, -0.25) is 9.59 Å². The van der Waals surface area contributed by atoms with Crippen molar-refractivity contribution < 1.29 is 19.1 Å². The van der Waals surface area contributed by atoms with E-state index in [0.29, 0.717) is 36.3 Å². The van der Waals surface area contributed by atoms with Crippen molar-refractivity contribution in [2.45, 2.75) is 58.7 Å². The van der Waals surface area contributed by atoms with Crippen molar-refractivity contribution in [3.05, 3.63) is 64.7 Å². The Labute approximate surface area is 160 Å². The Morgan fingerprint density at radius 2 is 1.81 bits per heavy atom. The van der Waals surface area contributed by atoms with Crippen LogP contribution in [0.3, 0.4) is 0 Å². The fraction of sp³-hybridized carbons (Fsp3) is 0.391. The van der Waals surface area contributed by atoms with Crippen molar-refractivity contribution in [2.75, 3.05) is 0 Å².